The summed E-state index contributed by atoms with van der Waals surface area (Å²) in [6.07, 6.45) is 8.70. The minimum Gasteiger partial charge on any atom is -0.465 e. The molecule has 8 nitrogen and oxygen atoms in total. The zero-order valence-electron chi connectivity index (χ0n) is 25.6. The normalized spacial score (nSPS) is 32.2. The highest BCUT2D eigenvalue weighted by atomic mass is 16.6. The summed E-state index contributed by atoms with van der Waals surface area (Å²) in [5, 5.41) is 10.5. The zero-order valence-corrected chi connectivity index (χ0v) is 25.6. The molecule has 0 aromatic rings. The molecule has 0 radical (unpaired) electrons. The van der Waals surface area contributed by atoms with Crippen LogP contribution in [0.5, 0.6) is 0 Å². The van der Waals surface area contributed by atoms with Crippen LogP contribution in [0, 0.1) is 23.7 Å². The fourth-order valence-electron chi connectivity index (χ4n) is 7.54. The van der Waals surface area contributed by atoms with Crippen LogP contribution in [0.2, 0.25) is 0 Å². The highest BCUT2D eigenvalue weighted by Crippen LogP contribution is 2.65. The van der Waals surface area contributed by atoms with E-state index >= 15 is 0 Å². The first kappa shape index (κ1) is 32.3. The molecule has 1 spiro atoms. The fourth-order valence-corrected chi connectivity index (χ4v) is 7.54. The molecule has 3 aliphatic rings. The Kier molecular flexibility index (Phi) is 10.7. The Morgan fingerprint density at radius 3 is 2.52 bits per heavy atom. The predicted octanol–water partition coefficient (Wildman–Crippen LogP) is 4.51. The Morgan fingerprint density at radius 2 is 1.95 bits per heavy atom. The van der Waals surface area contributed by atoms with Gasteiger partial charge in [-0.05, 0) is 64.2 Å². The molecule has 0 aromatic carbocycles. The standard InChI is InChI=1S/C32H52N2O6/c1-9-12-13-14-17-39-30(38)26-25-28(36)34(24(20-35)18-21(4)5)27(32(25)19-22(6)31(26,8)40-32)29(37)33(16-11-3)23(7)15-10-2/h9,11,21-27,35H,1,3,10,12-20H2,2,4-8H3/t22?,23?,24-,25+,26-,27?,31+,32?/m1/s1. The van der Waals surface area contributed by atoms with E-state index in [9.17, 15) is 19.5 Å². The maximum absolute atomic E-state index is 14.6. The maximum atomic E-state index is 14.6. The molecule has 8 heteroatoms. The van der Waals surface area contributed by atoms with Gasteiger partial charge in [-0.25, -0.2) is 0 Å². The summed E-state index contributed by atoms with van der Waals surface area (Å²) in [6.45, 7) is 20.0. The van der Waals surface area contributed by atoms with Crippen LogP contribution in [0.15, 0.2) is 25.3 Å². The summed E-state index contributed by atoms with van der Waals surface area (Å²) in [7, 11) is 0. The van der Waals surface area contributed by atoms with Gasteiger partial charge in [0.05, 0.1) is 30.8 Å². The molecule has 40 heavy (non-hydrogen) atoms. The van der Waals surface area contributed by atoms with Gasteiger partial charge in [-0.3, -0.25) is 14.4 Å². The molecule has 3 rings (SSSR count). The third-order valence-electron chi connectivity index (χ3n) is 9.48. The predicted molar refractivity (Wildman–Crippen MR) is 155 cm³/mol. The van der Waals surface area contributed by atoms with Crippen LogP contribution in [0.1, 0.15) is 86.5 Å². The molecule has 4 unspecified atom stereocenters. The Bertz CT molecular complexity index is 952. The van der Waals surface area contributed by atoms with E-state index in [4.69, 9.17) is 9.47 Å². The number of esters is 1. The van der Waals surface area contributed by atoms with E-state index in [0.29, 0.717) is 25.8 Å². The van der Waals surface area contributed by atoms with Crippen molar-refractivity contribution >= 4 is 17.8 Å². The van der Waals surface area contributed by atoms with Crippen LogP contribution in [0.25, 0.3) is 0 Å². The van der Waals surface area contributed by atoms with Crippen LogP contribution in [-0.2, 0) is 23.9 Å². The number of hydrogen-bond donors (Lipinski definition) is 1. The Morgan fingerprint density at radius 1 is 1.25 bits per heavy atom. The molecule has 1 N–H and O–H groups in total. The monoisotopic (exact) mass is 560 g/mol. The number of nitrogens with zero attached hydrogens (tertiary/aromatic N) is 2. The summed E-state index contributed by atoms with van der Waals surface area (Å²) in [6, 6.07) is -1.56. The molecule has 3 heterocycles. The molecule has 226 valence electrons. The van der Waals surface area contributed by atoms with Crippen molar-refractivity contribution in [1.82, 2.24) is 9.80 Å². The van der Waals surface area contributed by atoms with Crippen molar-refractivity contribution in [3.63, 3.8) is 0 Å². The molecular weight excluding hydrogens is 508 g/mol. The molecular formula is C32H52N2O6. The smallest absolute Gasteiger partial charge is 0.312 e. The lowest BCUT2D eigenvalue weighted by molar-refractivity contribution is -0.164. The van der Waals surface area contributed by atoms with Crippen molar-refractivity contribution in [2.75, 3.05) is 19.8 Å². The molecule has 0 saturated carbocycles. The van der Waals surface area contributed by atoms with Crippen LogP contribution in [-0.4, -0.2) is 81.8 Å². The minimum absolute atomic E-state index is 0.0660. The van der Waals surface area contributed by atoms with Crippen LogP contribution < -0.4 is 0 Å². The van der Waals surface area contributed by atoms with Crippen molar-refractivity contribution in [3.05, 3.63) is 25.3 Å². The van der Waals surface area contributed by atoms with Crippen LogP contribution in [0.3, 0.4) is 0 Å². The maximum Gasteiger partial charge on any atom is 0.312 e. The number of rotatable bonds is 16. The van der Waals surface area contributed by atoms with E-state index in [1.807, 2.05) is 40.7 Å². The van der Waals surface area contributed by atoms with Gasteiger partial charge in [-0.1, -0.05) is 46.3 Å². The van der Waals surface area contributed by atoms with Gasteiger partial charge in [0.15, 0.2) is 0 Å². The van der Waals surface area contributed by atoms with Gasteiger partial charge in [0.2, 0.25) is 11.8 Å². The topological polar surface area (TPSA) is 96.4 Å². The van der Waals surface area contributed by atoms with Gasteiger partial charge in [0.1, 0.15) is 17.6 Å². The van der Waals surface area contributed by atoms with Gasteiger partial charge < -0.3 is 24.4 Å². The van der Waals surface area contributed by atoms with Crippen molar-refractivity contribution < 1.29 is 29.0 Å². The number of hydrogen-bond acceptors (Lipinski definition) is 6. The highest BCUT2D eigenvalue weighted by molar-refractivity contribution is 5.99. The Hall–Kier alpha value is -2.19. The fraction of sp³-hybridized carbons (Fsp3) is 0.781. The number of likely N-dealkylation sites (tertiary alicyclic amines) is 1. The first-order valence-electron chi connectivity index (χ1n) is 15.3. The van der Waals surface area contributed by atoms with E-state index in [1.54, 1.807) is 15.9 Å². The largest absolute Gasteiger partial charge is 0.465 e. The number of amides is 2. The molecule has 3 aliphatic heterocycles. The van der Waals surface area contributed by atoms with Gasteiger partial charge in [0.25, 0.3) is 0 Å². The number of unbranched alkanes of at least 4 members (excludes halogenated alkanes) is 2. The number of aliphatic hydroxyl groups is 1. The van der Waals surface area contributed by atoms with Gasteiger partial charge in [-0.2, -0.15) is 0 Å². The zero-order chi connectivity index (χ0) is 29.8. The summed E-state index contributed by atoms with van der Waals surface area (Å²) >= 11 is 0. The lowest BCUT2D eigenvalue weighted by Gasteiger charge is -2.41. The summed E-state index contributed by atoms with van der Waals surface area (Å²) in [5.41, 5.74) is -2.08. The molecule has 3 saturated heterocycles. The number of carbonyl (C=O) groups excluding carboxylic acids is 3. The molecule has 0 aliphatic carbocycles. The molecule has 8 atom stereocenters. The number of ether oxygens (including phenoxy) is 2. The summed E-state index contributed by atoms with van der Waals surface area (Å²) in [5.74, 6) is -2.46. The first-order chi connectivity index (χ1) is 18.9. The number of fused-ring (bicyclic) bond motifs is 1. The van der Waals surface area contributed by atoms with Gasteiger partial charge >= 0.3 is 5.97 Å². The highest BCUT2D eigenvalue weighted by Gasteiger charge is 2.80. The van der Waals surface area contributed by atoms with E-state index in [1.165, 1.54) is 0 Å². The lowest BCUT2D eigenvalue weighted by atomic mass is 9.62. The van der Waals surface area contributed by atoms with Gasteiger partial charge in [-0.15, -0.1) is 13.2 Å². The minimum atomic E-state index is -1.16. The number of allylic oxidation sites excluding steroid dienone is 1. The molecule has 2 bridgehead atoms. The Labute approximate surface area is 241 Å². The number of aliphatic hydroxyl groups excluding tert-OH is 1. The van der Waals surface area contributed by atoms with Crippen molar-refractivity contribution in [1.29, 1.82) is 0 Å². The second-order valence-electron chi connectivity index (χ2n) is 12.8. The Balaban J connectivity index is 2.08. The second-order valence-corrected chi connectivity index (χ2v) is 12.8. The van der Waals surface area contributed by atoms with E-state index < -0.39 is 41.1 Å². The molecule has 0 aromatic heterocycles. The van der Waals surface area contributed by atoms with Crippen LogP contribution in [0.4, 0.5) is 0 Å². The van der Waals surface area contributed by atoms with Crippen molar-refractivity contribution in [2.24, 2.45) is 23.7 Å². The summed E-state index contributed by atoms with van der Waals surface area (Å²) in [4.78, 5) is 46.1. The second kappa shape index (κ2) is 13.2. The van der Waals surface area contributed by atoms with E-state index in [2.05, 4.69) is 20.1 Å². The third-order valence-corrected chi connectivity index (χ3v) is 9.48. The average Bonchev–Trinajstić information content (AvgIpc) is 3.41. The summed E-state index contributed by atoms with van der Waals surface area (Å²) < 4.78 is 12.6. The lowest BCUT2D eigenvalue weighted by Crippen LogP contribution is -2.60. The molecule has 3 fully saturated rings. The van der Waals surface area contributed by atoms with E-state index in [-0.39, 0.29) is 42.9 Å². The number of carbonyl (C=O) groups is 3. The van der Waals surface area contributed by atoms with Crippen LogP contribution >= 0.6 is 0 Å². The van der Waals surface area contributed by atoms with Crippen molar-refractivity contribution in [3.8, 4) is 0 Å². The average molecular weight is 561 g/mol. The quantitative estimate of drug-likeness (QED) is 0.170. The SMILES string of the molecule is C=CCCCCOC(=O)[C@H]1[C@H]2C(=O)N([C@@H](CO)CC(C)C)C(C(=O)N(CC=C)C(C)CCC)C23CC(C)[C@]1(C)O3. The first-order valence-corrected chi connectivity index (χ1v) is 15.3. The van der Waals surface area contributed by atoms with E-state index in [0.717, 1.165) is 25.7 Å². The third kappa shape index (κ3) is 5.63. The van der Waals surface area contributed by atoms with Crippen molar-refractivity contribution in [2.45, 2.75) is 116 Å². The van der Waals surface area contributed by atoms with Gasteiger partial charge in [0, 0.05) is 12.6 Å². The molecule has 2 amide bonds.